The van der Waals surface area contributed by atoms with Crippen LogP contribution in [-0.2, 0) is 12.6 Å². The smallest absolute Gasteiger partial charge is 0.382 e. The van der Waals surface area contributed by atoms with Gasteiger partial charge in [0.2, 0.25) is 5.95 Å². The molecular formula is C21H16F3N9O. The molecule has 0 aliphatic rings. The monoisotopic (exact) mass is 467 g/mol. The van der Waals surface area contributed by atoms with Crippen LogP contribution in [0.25, 0.3) is 16.6 Å². The van der Waals surface area contributed by atoms with Gasteiger partial charge in [-0.25, -0.2) is 4.98 Å². The van der Waals surface area contributed by atoms with E-state index in [1.165, 1.54) is 30.6 Å². The maximum Gasteiger partial charge on any atom is 0.417 e. The van der Waals surface area contributed by atoms with Crippen LogP contribution in [0.2, 0.25) is 0 Å². The summed E-state index contributed by atoms with van der Waals surface area (Å²) >= 11 is 0. The molecule has 13 heteroatoms. The Bertz CT molecular complexity index is 1480. The van der Waals surface area contributed by atoms with Gasteiger partial charge in [0, 0.05) is 19.2 Å². The zero-order chi connectivity index (χ0) is 24.5. The maximum atomic E-state index is 13.6. The van der Waals surface area contributed by atoms with Crippen LogP contribution >= 0.6 is 0 Å². The summed E-state index contributed by atoms with van der Waals surface area (Å²) in [5.74, 6) is 0.0109. The lowest BCUT2D eigenvalue weighted by atomic mass is 10.1. The molecule has 0 unspecified atom stereocenters. The van der Waals surface area contributed by atoms with E-state index in [-0.39, 0.29) is 53.1 Å². The number of nitrogens with zero attached hydrogens (tertiary/aromatic N) is 6. The summed E-state index contributed by atoms with van der Waals surface area (Å²) in [7, 11) is 0. The van der Waals surface area contributed by atoms with Crippen molar-refractivity contribution in [3.05, 3.63) is 70.0 Å². The Labute approximate surface area is 189 Å². The second-order valence-electron chi connectivity index (χ2n) is 7.06. The molecule has 0 saturated carbocycles. The Kier molecular flexibility index (Phi) is 5.72. The highest BCUT2D eigenvalue weighted by Gasteiger charge is 2.34. The van der Waals surface area contributed by atoms with Crippen molar-refractivity contribution in [3.63, 3.8) is 0 Å². The number of anilines is 3. The summed E-state index contributed by atoms with van der Waals surface area (Å²) < 4.78 is 41.9. The fourth-order valence-corrected chi connectivity index (χ4v) is 3.46. The highest BCUT2D eigenvalue weighted by molar-refractivity contribution is 5.82. The van der Waals surface area contributed by atoms with Gasteiger partial charge in [-0.05, 0) is 24.3 Å². The number of halogens is 3. The van der Waals surface area contributed by atoms with E-state index in [0.29, 0.717) is 0 Å². The second-order valence-corrected chi connectivity index (χ2v) is 7.06. The molecular weight excluding hydrogens is 451 g/mol. The van der Waals surface area contributed by atoms with Gasteiger partial charge in [-0.2, -0.15) is 28.4 Å². The number of nitriles is 1. The van der Waals surface area contributed by atoms with Gasteiger partial charge in [0.1, 0.15) is 23.3 Å². The molecule has 0 aliphatic carbocycles. The van der Waals surface area contributed by atoms with E-state index in [0.717, 1.165) is 10.6 Å². The van der Waals surface area contributed by atoms with Gasteiger partial charge in [0.15, 0.2) is 5.82 Å². The highest BCUT2D eigenvalue weighted by atomic mass is 19.4. The number of benzene rings is 1. The van der Waals surface area contributed by atoms with Crippen molar-refractivity contribution in [2.75, 3.05) is 23.3 Å². The predicted molar refractivity (Wildman–Crippen MR) is 118 cm³/mol. The van der Waals surface area contributed by atoms with E-state index >= 15 is 0 Å². The summed E-state index contributed by atoms with van der Waals surface area (Å²) in [5.41, 5.74) is 9.48. The molecule has 172 valence electrons. The maximum absolute atomic E-state index is 13.6. The number of hydrogen-bond donors (Lipinski definition) is 3. The van der Waals surface area contributed by atoms with Crippen molar-refractivity contribution < 1.29 is 13.2 Å². The second kappa shape index (κ2) is 8.66. The number of fused-ring (bicyclic) bond motifs is 1. The molecule has 4 rings (SSSR count). The Morgan fingerprint density at radius 3 is 2.59 bits per heavy atom. The summed E-state index contributed by atoms with van der Waals surface area (Å²) in [6.07, 6.45) is -1.85. The molecule has 0 bridgehead atoms. The van der Waals surface area contributed by atoms with Crippen LogP contribution < -0.4 is 22.3 Å². The van der Waals surface area contributed by atoms with Crippen molar-refractivity contribution >= 4 is 28.5 Å². The first-order valence-corrected chi connectivity index (χ1v) is 9.80. The summed E-state index contributed by atoms with van der Waals surface area (Å²) in [6.45, 7) is 0.0990. The van der Waals surface area contributed by atoms with Gasteiger partial charge in [-0.3, -0.25) is 14.3 Å². The highest BCUT2D eigenvalue weighted by Crippen LogP contribution is 2.33. The normalized spacial score (nSPS) is 11.4. The quantitative estimate of drug-likeness (QED) is 0.400. The van der Waals surface area contributed by atoms with Crippen LogP contribution in [0.5, 0.6) is 0 Å². The molecule has 4 aromatic rings. The summed E-state index contributed by atoms with van der Waals surface area (Å²) in [5, 5.41) is 11.6. The van der Waals surface area contributed by atoms with E-state index < -0.39 is 22.7 Å². The molecule has 34 heavy (non-hydrogen) atoms. The third-order valence-electron chi connectivity index (χ3n) is 4.88. The summed E-state index contributed by atoms with van der Waals surface area (Å²) in [6, 6.07) is 8.34. The van der Waals surface area contributed by atoms with E-state index in [9.17, 15) is 23.2 Å². The van der Waals surface area contributed by atoms with E-state index in [2.05, 4.69) is 25.3 Å². The molecule has 0 aliphatic heterocycles. The molecule has 0 saturated heterocycles. The first-order chi connectivity index (χ1) is 16.2. The average molecular weight is 467 g/mol. The zero-order valence-electron chi connectivity index (χ0n) is 17.3. The lowest BCUT2D eigenvalue weighted by molar-refractivity contribution is -0.136. The number of nitrogens with one attached hydrogen (secondary N) is 1. The first-order valence-electron chi connectivity index (χ1n) is 9.80. The molecule has 0 fully saturated rings. The largest absolute Gasteiger partial charge is 0.417 e. The van der Waals surface area contributed by atoms with Crippen molar-refractivity contribution in [2.24, 2.45) is 0 Å². The molecule has 0 spiro atoms. The number of pyridine rings is 1. The number of alkyl halides is 3. The zero-order valence-corrected chi connectivity index (χ0v) is 17.3. The number of aromatic nitrogens is 5. The van der Waals surface area contributed by atoms with E-state index in [4.69, 9.17) is 11.5 Å². The third kappa shape index (κ3) is 4.16. The minimum Gasteiger partial charge on any atom is -0.382 e. The van der Waals surface area contributed by atoms with E-state index in [1.807, 2.05) is 6.07 Å². The molecule has 3 aromatic heterocycles. The fourth-order valence-electron chi connectivity index (χ4n) is 3.46. The average Bonchev–Trinajstić information content (AvgIpc) is 2.78. The Morgan fingerprint density at radius 1 is 1.12 bits per heavy atom. The number of nitrogens with two attached hydrogens (primary N) is 2. The van der Waals surface area contributed by atoms with Crippen LogP contribution in [0.4, 0.5) is 30.8 Å². The van der Waals surface area contributed by atoms with Crippen LogP contribution in [0, 0.1) is 11.3 Å². The third-order valence-corrected chi connectivity index (χ3v) is 4.88. The SMILES string of the molecule is N#Cc1c(N)nc(N)nc1NCCc1nc2cccc(C(F)(F)F)c2c(=O)n1-c1cccnc1. The standard InChI is InChI=1S/C21H16F3N9O/c22-21(23,24)13-4-1-5-14-16(13)19(34)33(11-3-2-7-28-10-11)15(30-14)6-8-29-18-12(9-25)17(26)31-20(27)32-18/h1-5,7,10H,6,8H2,(H5,26,27,29,31,32). The Balaban J connectivity index is 1.80. The number of hydrogen-bond acceptors (Lipinski definition) is 9. The van der Waals surface area contributed by atoms with Crippen molar-refractivity contribution in [1.29, 1.82) is 5.26 Å². The van der Waals surface area contributed by atoms with Gasteiger partial charge < -0.3 is 16.8 Å². The Hall–Kier alpha value is -4.73. The van der Waals surface area contributed by atoms with Crippen LogP contribution in [0.15, 0.2) is 47.5 Å². The fraction of sp³-hybridized carbons (Fsp3) is 0.143. The van der Waals surface area contributed by atoms with Crippen molar-refractivity contribution in [3.8, 4) is 11.8 Å². The van der Waals surface area contributed by atoms with Gasteiger partial charge >= 0.3 is 6.18 Å². The summed E-state index contributed by atoms with van der Waals surface area (Å²) in [4.78, 5) is 29.3. The molecule has 0 amide bonds. The molecule has 10 nitrogen and oxygen atoms in total. The molecule has 5 N–H and O–H groups in total. The molecule has 3 heterocycles. The molecule has 1 aromatic carbocycles. The van der Waals surface area contributed by atoms with E-state index in [1.54, 1.807) is 6.07 Å². The Morgan fingerprint density at radius 2 is 1.91 bits per heavy atom. The van der Waals surface area contributed by atoms with Crippen LogP contribution in [0.3, 0.4) is 0 Å². The van der Waals surface area contributed by atoms with Gasteiger partial charge in [-0.15, -0.1) is 0 Å². The minimum atomic E-state index is -4.74. The lowest BCUT2D eigenvalue weighted by Gasteiger charge is -2.16. The molecule has 0 atom stereocenters. The first kappa shape index (κ1) is 22.5. The number of nitrogen functional groups attached to an aromatic ring is 2. The van der Waals surface area contributed by atoms with Gasteiger partial charge in [-0.1, -0.05) is 6.07 Å². The van der Waals surface area contributed by atoms with Gasteiger partial charge in [0.25, 0.3) is 5.56 Å². The predicted octanol–water partition coefficient (Wildman–Crippen LogP) is 2.28. The van der Waals surface area contributed by atoms with Crippen LogP contribution in [-0.4, -0.2) is 31.0 Å². The lowest BCUT2D eigenvalue weighted by Crippen LogP contribution is -2.27. The van der Waals surface area contributed by atoms with Gasteiger partial charge in [0.05, 0.1) is 28.4 Å². The topological polar surface area (TPSA) is 161 Å². The van der Waals surface area contributed by atoms with Crippen molar-refractivity contribution in [2.45, 2.75) is 12.6 Å². The molecule has 0 radical (unpaired) electrons. The van der Waals surface area contributed by atoms with Crippen LogP contribution in [0.1, 0.15) is 17.0 Å². The van der Waals surface area contributed by atoms with Crippen molar-refractivity contribution in [1.82, 2.24) is 24.5 Å². The minimum absolute atomic E-state index is 0.0138. The number of rotatable bonds is 5.